The van der Waals surface area contributed by atoms with Gasteiger partial charge in [-0.05, 0) is 26.1 Å². The average molecular weight is 259 g/mol. The highest BCUT2D eigenvalue weighted by Gasteiger charge is 2.08. The number of hydrogen-bond donors (Lipinski definition) is 1. The van der Waals surface area contributed by atoms with E-state index in [2.05, 4.69) is 17.1 Å². The molecule has 0 amide bonds. The molecule has 17 heavy (non-hydrogen) atoms. The Balaban J connectivity index is 2.39. The van der Waals surface area contributed by atoms with Gasteiger partial charge < -0.3 is 10.2 Å². The molecule has 1 aromatic rings. The minimum Gasteiger partial charge on any atom is -0.315 e. The van der Waals surface area contributed by atoms with Gasteiger partial charge in [-0.25, -0.2) is 4.39 Å². The zero-order chi connectivity index (χ0) is 12.7. The Morgan fingerprint density at radius 2 is 2.12 bits per heavy atom. The molecule has 0 unspecified atom stereocenters. The molecule has 0 aliphatic heterocycles. The lowest BCUT2D eigenvalue weighted by Gasteiger charge is -2.17. The number of nitrogens with zero attached hydrogens (tertiary/aromatic N) is 1. The highest BCUT2D eigenvalue weighted by Crippen LogP contribution is 2.18. The SMILES string of the molecule is CCCNCCN(C)Cc1cccc(Cl)c1F. The molecule has 0 aliphatic carbocycles. The molecule has 1 rings (SSSR count). The lowest BCUT2D eigenvalue weighted by molar-refractivity contribution is 0.319. The summed E-state index contributed by atoms with van der Waals surface area (Å²) in [5, 5.41) is 3.51. The molecule has 0 aliphatic rings. The van der Waals surface area contributed by atoms with Crippen LogP contribution in [-0.2, 0) is 6.54 Å². The Labute approximate surface area is 108 Å². The molecule has 0 spiro atoms. The molecule has 0 radical (unpaired) electrons. The van der Waals surface area contributed by atoms with Crippen LogP contribution in [0.4, 0.5) is 4.39 Å². The topological polar surface area (TPSA) is 15.3 Å². The maximum absolute atomic E-state index is 13.6. The first kappa shape index (κ1) is 14.4. The van der Waals surface area contributed by atoms with Crippen molar-refractivity contribution in [3.63, 3.8) is 0 Å². The molecule has 2 nitrogen and oxygen atoms in total. The van der Waals surface area contributed by atoms with Gasteiger partial charge in [0.05, 0.1) is 5.02 Å². The minimum absolute atomic E-state index is 0.194. The fraction of sp³-hybridized carbons (Fsp3) is 0.538. The lowest BCUT2D eigenvalue weighted by atomic mass is 10.2. The van der Waals surface area contributed by atoms with Crippen molar-refractivity contribution in [1.29, 1.82) is 0 Å². The van der Waals surface area contributed by atoms with Crippen molar-refractivity contribution in [3.8, 4) is 0 Å². The molecule has 1 aromatic carbocycles. The molecule has 1 N–H and O–H groups in total. The van der Waals surface area contributed by atoms with Crippen LogP contribution in [-0.4, -0.2) is 31.6 Å². The van der Waals surface area contributed by atoms with Crippen LogP contribution in [0.15, 0.2) is 18.2 Å². The van der Waals surface area contributed by atoms with Crippen molar-refractivity contribution < 1.29 is 4.39 Å². The predicted molar refractivity (Wildman–Crippen MR) is 70.9 cm³/mol. The summed E-state index contributed by atoms with van der Waals surface area (Å²) in [5.74, 6) is -0.303. The Bertz CT molecular complexity index is 344. The van der Waals surface area contributed by atoms with Crippen LogP contribution < -0.4 is 5.32 Å². The van der Waals surface area contributed by atoms with E-state index in [0.29, 0.717) is 12.1 Å². The van der Waals surface area contributed by atoms with Crippen LogP contribution in [0, 0.1) is 5.82 Å². The van der Waals surface area contributed by atoms with Crippen molar-refractivity contribution in [1.82, 2.24) is 10.2 Å². The summed E-state index contributed by atoms with van der Waals surface area (Å²) < 4.78 is 13.6. The normalized spacial score (nSPS) is 11.1. The number of nitrogens with one attached hydrogen (secondary N) is 1. The van der Waals surface area contributed by atoms with E-state index in [9.17, 15) is 4.39 Å². The van der Waals surface area contributed by atoms with E-state index >= 15 is 0 Å². The van der Waals surface area contributed by atoms with E-state index in [0.717, 1.165) is 26.1 Å². The van der Waals surface area contributed by atoms with Crippen LogP contribution >= 0.6 is 11.6 Å². The van der Waals surface area contributed by atoms with Gasteiger partial charge in [-0.3, -0.25) is 0 Å². The highest BCUT2D eigenvalue weighted by molar-refractivity contribution is 6.30. The van der Waals surface area contributed by atoms with E-state index in [1.54, 1.807) is 18.2 Å². The average Bonchev–Trinajstić information content (AvgIpc) is 2.31. The number of hydrogen-bond acceptors (Lipinski definition) is 2. The summed E-state index contributed by atoms with van der Waals surface area (Å²) in [7, 11) is 1.98. The van der Waals surface area contributed by atoms with Gasteiger partial charge in [0.15, 0.2) is 0 Å². The summed E-state index contributed by atoms with van der Waals surface area (Å²) in [6, 6.07) is 5.13. The van der Waals surface area contributed by atoms with E-state index < -0.39 is 0 Å². The van der Waals surface area contributed by atoms with E-state index in [-0.39, 0.29) is 10.8 Å². The van der Waals surface area contributed by atoms with Gasteiger partial charge in [0, 0.05) is 25.2 Å². The maximum Gasteiger partial charge on any atom is 0.146 e. The Kier molecular flexibility index (Phi) is 6.48. The largest absolute Gasteiger partial charge is 0.315 e. The number of rotatable bonds is 7. The van der Waals surface area contributed by atoms with Crippen LogP contribution in [0.25, 0.3) is 0 Å². The van der Waals surface area contributed by atoms with Gasteiger partial charge in [-0.1, -0.05) is 30.7 Å². The highest BCUT2D eigenvalue weighted by atomic mass is 35.5. The first-order valence-corrected chi connectivity index (χ1v) is 6.35. The fourth-order valence-electron chi connectivity index (χ4n) is 1.61. The molecule has 0 saturated carbocycles. The summed E-state index contributed by atoms with van der Waals surface area (Å²) in [4.78, 5) is 2.08. The standard InChI is InChI=1S/C13H20ClFN2/c1-3-7-16-8-9-17(2)10-11-5-4-6-12(14)13(11)15/h4-6,16H,3,7-10H2,1-2H3. The van der Waals surface area contributed by atoms with Crippen LogP contribution in [0.5, 0.6) is 0 Å². The monoisotopic (exact) mass is 258 g/mol. The van der Waals surface area contributed by atoms with E-state index in [4.69, 9.17) is 11.6 Å². The minimum atomic E-state index is -0.303. The number of benzene rings is 1. The van der Waals surface area contributed by atoms with Gasteiger partial charge in [0.1, 0.15) is 5.82 Å². The smallest absolute Gasteiger partial charge is 0.146 e. The van der Waals surface area contributed by atoms with Gasteiger partial charge in [0.2, 0.25) is 0 Å². The summed E-state index contributed by atoms with van der Waals surface area (Å²) in [6.45, 7) is 5.57. The third kappa shape index (κ3) is 5.02. The second-order valence-corrected chi connectivity index (χ2v) is 4.61. The number of halogens is 2. The van der Waals surface area contributed by atoms with Gasteiger partial charge in [0.25, 0.3) is 0 Å². The Hall–Kier alpha value is -0.640. The number of likely N-dealkylation sites (N-methyl/N-ethyl adjacent to an activating group) is 1. The maximum atomic E-state index is 13.6. The zero-order valence-corrected chi connectivity index (χ0v) is 11.2. The van der Waals surface area contributed by atoms with Crippen LogP contribution in [0.1, 0.15) is 18.9 Å². The third-order valence-corrected chi connectivity index (χ3v) is 2.86. The van der Waals surface area contributed by atoms with Crippen LogP contribution in [0.2, 0.25) is 5.02 Å². The first-order chi connectivity index (χ1) is 8.15. The van der Waals surface area contributed by atoms with Gasteiger partial charge in [-0.15, -0.1) is 0 Å². The van der Waals surface area contributed by atoms with Crippen molar-refractivity contribution in [2.24, 2.45) is 0 Å². The second-order valence-electron chi connectivity index (χ2n) is 4.20. The summed E-state index contributed by atoms with van der Waals surface area (Å²) in [5.41, 5.74) is 0.649. The molecule has 4 heteroatoms. The van der Waals surface area contributed by atoms with Crippen molar-refractivity contribution >= 4 is 11.6 Å². The van der Waals surface area contributed by atoms with E-state index in [1.807, 2.05) is 7.05 Å². The summed E-state index contributed by atoms with van der Waals surface area (Å²) >= 11 is 5.74. The fourth-order valence-corrected chi connectivity index (χ4v) is 1.81. The first-order valence-electron chi connectivity index (χ1n) is 5.97. The molecule has 0 saturated heterocycles. The molecule has 0 fully saturated rings. The van der Waals surface area contributed by atoms with Crippen molar-refractivity contribution in [3.05, 3.63) is 34.6 Å². The second kappa shape index (κ2) is 7.64. The van der Waals surface area contributed by atoms with Crippen molar-refractivity contribution in [2.75, 3.05) is 26.7 Å². The molecule has 0 heterocycles. The molecule has 0 atom stereocenters. The molecular formula is C13H20ClFN2. The predicted octanol–water partition coefficient (Wildman–Crippen LogP) is 2.91. The lowest BCUT2D eigenvalue weighted by Crippen LogP contribution is -2.29. The zero-order valence-electron chi connectivity index (χ0n) is 10.5. The van der Waals surface area contributed by atoms with Crippen molar-refractivity contribution in [2.45, 2.75) is 19.9 Å². The molecule has 96 valence electrons. The Morgan fingerprint density at radius 3 is 2.82 bits per heavy atom. The van der Waals surface area contributed by atoms with E-state index in [1.165, 1.54) is 0 Å². The van der Waals surface area contributed by atoms with Gasteiger partial charge >= 0.3 is 0 Å². The third-order valence-electron chi connectivity index (χ3n) is 2.57. The molecular weight excluding hydrogens is 239 g/mol. The molecule has 0 bridgehead atoms. The summed E-state index contributed by atoms with van der Waals surface area (Å²) in [6.07, 6.45) is 1.13. The van der Waals surface area contributed by atoms with Gasteiger partial charge in [-0.2, -0.15) is 0 Å². The van der Waals surface area contributed by atoms with Crippen LogP contribution in [0.3, 0.4) is 0 Å². The Morgan fingerprint density at radius 1 is 1.35 bits per heavy atom. The quantitative estimate of drug-likeness (QED) is 0.757. The molecule has 0 aromatic heterocycles.